The van der Waals surface area contributed by atoms with Crippen LogP contribution in [0.2, 0.25) is 0 Å². The van der Waals surface area contributed by atoms with Crippen molar-refractivity contribution in [1.29, 1.82) is 0 Å². The van der Waals surface area contributed by atoms with Crippen LogP contribution in [-0.4, -0.2) is 63.2 Å². The summed E-state index contributed by atoms with van der Waals surface area (Å²) >= 11 is 0. The molecule has 0 unspecified atom stereocenters. The molecule has 0 aromatic carbocycles. The molecule has 0 rings (SSSR count). The predicted molar refractivity (Wildman–Crippen MR) is 82.5 cm³/mol. The summed E-state index contributed by atoms with van der Waals surface area (Å²) in [7, 11) is 0. The maximum Gasteiger partial charge on any atom is 0.330 e. The van der Waals surface area contributed by atoms with Gasteiger partial charge in [-0.15, -0.1) is 0 Å². The first-order valence-corrected chi connectivity index (χ1v) is 6.99. The molecule has 3 N–H and O–H groups in total. The number of amides is 1. The van der Waals surface area contributed by atoms with Gasteiger partial charge in [0.15, 0.2) is 0 Å². The quantitative estimate of drug-likeness (QED) is 0.172. The molecule has 0 atom stereocenters. The van der Waals surface area contributed by atoms with Gasteiger partial charge in [0.25, 0.3) is 0 Å². The van der Waals surface area contributed by atoms with E-state index in [1.165, 1.54) is 0 Å². The summed E-state index contributed by atoms with van der Waals surface area (Å²) in [4.78, 5) is 23.2. The maximum absolute atomic E-state index is 10.8. The lowest BCUT2D eigenvalue weighted by Crippen LogP contribution is -2.38. The monoisotopic (exact) mass is 298 g/mol. The Bertz CT molecular complexity index is 334. The Morgan fingerprint density at radius 1 is 1.24 bits per heavy atom. The standard InChI is InChI=1S/C14H26N4O3/c1-4-14(20)21-11-8-17-13(3)16-7-10-18(5-2)9-6-15-12-19/h4,12,16-17H,1,3,5-11H2,2H3,(H,15,19). The van der Waals surface area contributed by atoms with Crippen molar-refractivity contribution in [3.8, 4) is 0 Å². The van der Waals surface area contributed by atoms with Crippen LogP contribution in [0.4, 0.5) is 0 Å². The summed E-state index contributed by atoms with van der Waals surface area (Å²) in [5.41, 5.74) is 0. The van der Waals surface area contributed by atoms with Gasteiger partial charge in [-0.3, -0.25) is 4.79 Å². The van der Waals surface area contributed by atoms with Gasteiger partial charge < -0.3 is 25.6 Å². The second-order valence-corrected chi connectivity index (χ2v) is 4.21. The normalized spacial score (nSPS) is 9.81. The van der Waals surface area contributed by atoms with E-state index >= 15 is 0 Å². The van der Waals surface area contributed by atoms with Crippen molar-refractivity contribution < 1.29 is 14.3 Å². The van der Waals surface area contributed by atoms with Crippen LogP contribution in [0.25, 0.3) is 0 Å². The third-order valence-electron chi connectivity index (χ3n) is 2.72. The molecule has 0 aromatic heterocycles. The summed E-state index contributed by atoms with van der Waals surface area (Å²) < 4.78 is 4.82. The van der Waals surface area contributed by atoms with Crippen LogP contribution in [0.1, 0.15) is 6.92 Å². The zero-order valence-electron chi connectivity index (χ0n) is 12.7. The summed E-state index contributed by atoms with van der Waals surface area (Å²) in [6.07, 6.45) is 1.84. The summed E-state index contributed by atoms with van der Waals surface area (Å²) in [5, 5.41) is 8.79. The fourth-order valence-corrected chi connectivity index (χ4v) is 1.55. The molecule has 0 saturated heterocycles. The molecule has 0 fully saturated rings. The molecule has 0 aromatic rings. The number of ether oxygens (including phenoxy) is 1. The Balaban J connectivity index is 3.60. The van der Waals surface area contributed by atoms with Crippen molar-refractivity contribution in [2.75, 3.05) is 45.9 Å². The van der Waals surface area contributed by atoms with E-state index in [1.54, 1.807) is 0 Å². The molecule has 0 spiro atoms. The van der Waals surface area contributed by atoms with E-state index in [9.17, 15) is 9.59 Å². The lowest BCUT2D eigenvalue weighted by molar-refractivity contribution is -0.137. The van der Waals surface area contributed by atoms with E-state index in [0.29, 0.717) is 25.3 Å². The largest absolute Gasteiger partial charge is 0.461 e. The molecule has 0 bridgehead atoms. The van der Waals surface area contributed by atoms with Gasteiger partial charge >= 0.3 is 5.97 Å². The van der Waals surface area contributed by atoms with Crippen molar-refractivity contribution in [2.45, 2.75) is 6.92 Å². The van der Waals surface area contributed by atoms with E-state index in [1.807, 2.05) is 0 Å². The smallest absolute Gasteiger partial charge is 0.330 e. The van der Waals surface area contributed by atoms with Gasteiger partial charge in [0.1, 0.15) is 6.61 Å². The van der Waals surface area contributed by atoms with Crippen LogP contribution in [-0.2, 0) is 14.3 Å². The Morgan fingerprint density at radius 2 is 1.90 bits per heavy atom. The van der Waals surface area contributed by atoms with Crippen LogP contribution < -0.4 is 16.0 Å². The number of carbonyl (C=O) groups excluding carboxylic acids is 2. The minimum absolute atomic E-state index is 0.268. The highest BCUT2D eigenvalue weighted by Gasteiger charge is 2.01. The Labute approximate surface area is 126 Å². The highest BCUT2D eigenvalue weighted by molar-refractivity contribution is 5.81. The topological polar surface area (TPSA) is 82.7 Å². The van der Waals surface area contributed by atoms with Crippen LogP contribution in [0.5, 0.6) is 0 Å². The zero-order chi connectivity index (χ0) is 15.9. The number of hydrogen-bond acceptors (Lipinski definition) is 6. The summed E-state index contributed by atoms with van der Waals surface area (Å²) in [6, 6.07) is 0. The molecule has 0 aliphatic rings. The first-order valence-electron chi connectivity index (χ1n) is 6.99. The minimum atomic E-state index is -0.433. The molecule has 0 radical (unpaired) electrons. The van der Waals surface area contributed by atoms with Crippen LogP contribution in [0.3, 0.4) is 0 Å². The van der Waals surface area contributed by atoms with Crippen LogP contribution >= 0.6 is 0 Å². The molecular weight excluding hydrogens is 272 g/mol. The SMILES string of the molecule is C=CC(=O)OCCNC(=C)NCCN(CC)CCNC=O. The fraction of sp³-hybridized carbons (Fsp3) is 0.571. The maximum atomic E-state index is 10.8. The van der Waals surface area contributed by atoms with E-state index < -0.39 is 5.97 Å². The summed E-state index contributed by atoms with van der Waals surface area (Å²) in [6.45, 7) is 13.9. The average Bonchev–Trinajstić information content (AvgIpc) is 2.49. The second-order valence-electron chi connectivity index (χ2n) is 4.21. The van der Waals surface area contributed by atoms with E-state index in [-0.39, 0.29) is 6.61 Å². The van der Waals surface area contributed by atoms with Gasteiger partial charge in [0, 0.05) is 32.3 Å². The molecule has 0 aliphatic heterocycles. The summed E-state index contributed by atoms with van der Waals surface area (Å²) in [5.74, 6) is 0.254. The molecule has 7 nitrogen and oxygen atoms in total. The second kappa shape index (κ2) is 13.0. The zero-order valence-corrected chi connectivity index (χ0v) is 12.7. The molecular formula is C14H26N4O3. The Kier molecular flexibility index (Phi) is 11.7. The first kappa shape index (κ1) is 19.0. The molecule has 21 heavy (non-hydrogen) atoms. The van der Waals surface area contributed by atoms with E-state index in [0.717, 1.165) is 32.3 Å². The lowest BCUT2D eigenvalue weighted by Gasteiger charge is -2.21. The number of nitrogens with one attached hydrogen (secondary N) is 3. The number of likely N-dealkylation sites (N-methyl/N-ethyl adjacent to an activating group) is 1. The number of nitrogens with zero attached hydrogens (tertiary/aromatic N) is 1. The van der Waals surface area contributed by atoms with Gasteiger partial charge in [0.05, 0.1) is 12.4 Å². The van der Waals surface area contributed by atoms with Gasteiger partial charge in [-0.05, 0) is 6.54 Å². The van der Waals surface area contributed by atoms with Crippen LogP contribution in [0.15, 0.2) is 25.1 Å². The van der Waals surface area contributed by atoms with Gasteiger partial charge in [-0.2, -0.15) is 0 Å². The Hall–Kier alpha value is -2.02. The third kappa shape index (κ3) is 11.5. The molecule has 120 valence electrons. The Morgan fingerprint density at radius 3 is 2.52 bits per heavy atom. The number of esters is 1. The lowest BCUT2D eigenvalue weighted by atomic mass is 10.4. The molecule has 0 heterocycles. The van der Waals surface area contributed by atoms with Crippen LogP contribution in [0, 0.1) is 0 Å². The number of hydrogen-bond donors (Lipinski definition) is 3. The van der Waals surface area contributed by atoms with Crippen molar-refractivity contribution >= 4 is 12.4 Å². The third-order valence-corrected chi connectivity index (χ3v) is 2.72. The van der Waals surface area contributed by atoms with Crippen molar-refractivity contribution in [3.05, 3.63) is 25.1 Å². The van der Waals surface area contributed by atoms with Gasteiger partial charge in [-0.25, -0.2) is 4.79 Å². The van der Waals surface area contributed by atoms with E-state index in [4.69, 9.17) is 4.74 Å². The molecule has 7 heteroatoms. The highest BCUT2D eigenvalue weighted by atomic mass is 16.5. The fourth-order valence-electron chi connectivity index (χ4n) is 1.55. The number of carbonyl (C=O) groups is 2. The van der Waals surface area contributed by atoms with Crippen molar-refractivity contribution in [2.24, 2.45) is 0 Å². The molecule has 1 amide bonds. The van der Waals surface area contributed by atoms with Crippen molar-refractivity contribution in [3.63, 3.8) is 0 Å². The van der Waals surface area contributed by atoms with E-state index in [2.05, 4.69) is 40.9 Å². The molecule has 0 aliphatic carbocycles. The molecule has 0 saturated carbocycles. The predicted octanol–water partition coefficient (Wildman–Crippen LogP) is -0.566. The van der Waals surface area contributed by atoms with Crippen molar-refractivity contribution in [1.82, 2.24) is 20.9 Å². The minimum Gasteiger partial charge on any atom is -0.461 e. The first-order chi connectivity index (χ1) is 10.1. The average molecular weight is 298 g/mol. The highest BCUT2D eigenvalue weighted by Crippen LogP contribution is 1.86. The van der Waals surface area contributed by atoms with Gasteiger partial charge in [0.2, 0.25) is 6.41 Å². The number of rotatable bonds is 14. The van der Waals surface area contributed by atoms with Gasteiger partial charge in [-0.1, -0.05) is 20.1 Å².